The number of hydrogen-bond acceptors (Lipinski definition) is 5. The monoisotopic (exact) mass is 376 g/mol. The molecule has 3 heterocycles. The van der Waals surface area contributed by atoms with Gasteiger partial charge in [0, 0.05) is 31.1 Å². The Morgan fingerprint density at radius 3 is 2.86 bits per heavy atom. The predicted molar refractivity (Wildman–Crippen MR) is 103 cm³/mol. The maximum absolute atomic E-state index is 12.7. The van der Waals surface area contributed by atoms with E-state index in [0.29, 0.717) is 30.2 Å². The van der Waals surface area contributed by atoms with Crippen LogP contribution in [-0.4, -0.2) is 32.4 Å². The summed E-state index contributed by atoms with van der Waals surface area (Å²) in [6.07, 6.45) is 3.87. The molecule has 3 aromatic heterocycles. The summed E-state index contributed by atoms with van der Waals surface area (Å²) >= 11 is 0. The van der Waals surface area contributed by atoms with Crippen molar-refractivity contribution in [2.24, 2.45) is 0 Å². The lowest BCUT2D eigenvalue weighted by molar-refractivity contribution is 0.0781. The van der Waals surface area contributed by atoms with E-state index in [1.54, 1.807) is 30.1 Å². The third-order valence-corrected chi connectivity index (χ3v) is 4.30. The quantitative estimate of drug-likeness (QED) is 0.515. The number of amides is 1. The van der Waals surface area contributed by atoms with Crippen molar-refractivity contribution in [3.63, 3.8) is 0 Å². The summed E-state index contributed by atoms with van der Waals surface area (Å²) in [5.41, 5.74) is 2.96. The Bertz CT molecular complexity index is 1080. The zero-order valence-corrected chi connectivity index (χ0v) is 15.7. The maximum Gasteiger partial charge on any atom is 0.254 e. The van der Waals surface area contributed by atoms with Gasteiger partial charge in [-0.1, -0.05) is 17.3 Å². The maximum atomic E-state index is 12.7. The summed E-state index contributed by atoms with van der Waals surface area (Å²) in [5.74, 6) is 1.23. The summed E-state index contributed by atoms with van der Waals surface area (Å²) in [7, 11) is 1.73. The van der Waals surface area contributed by atoms with Crippen LogP contribution in [0.25, 0.3) is 5.65 Å². The zero-order valence-electron chi connectivity index (χ0n) is 15.7. The summed E-state index contributed by atoms with van der Waals surface area (Å²) in [4.78, 5) is 18.8. The number of carbonyl (C=O) groups is 1. The molecule has 0 atom stereocenters. The van der Waals surface area contributed by atoms with E-state index in [1.807, 2.05) is 54.0 Å². The molecule has 0 radical (unpaired) electrons. The number of fused-ring (bicyclic) bond motifs is 1. The normalized spacial score (nSPS) is 10.9. The standard InChI is InChI=1S/C21H20N4O3/c1-15-10-17(23-28-15)12-24(2)21(26)16-6-5-7-19(11-16)27-14-18-13-25-9-4-3-8-20(25)22-18/h3-11,13H,12,14H2,1-2H3. The molecule has 1 amide bonds. The topological polar surface area (TPSA) is 72.9 Å². The number of aromatic nitrogens is 3. The van der Waals surface area contributed by atoms with Crippen LogP contribution >= 0.6 is 0 Å². The van der Waals surface area contributed by atoms with Crippen molar-refractivity contribution >= 4 is 11.6 Å². The van der Waals surface area contributed by atoms with Crippen LogP contribution in [0.5, 0.6) is 5.75 Å². The Morgan fingerprint density at radius 2 is 2.07 bits per heavy atom. The Labute approximate surface area is 162 Å². The number of pyridine rings is 1. The number of rotatable bonds is 6. The van der Waals surface area contributed by atoms with Crippen molar-refractivity contribution < 1.29 is 14.1 Å². The van der Waals surface area contributed by atoms with E-state index in [4.69, 9.17) is 9.26 Å². The van der Waals surface area contributed by atoms with E-state index in [9.17, 15) is 4.79 Å². The van der Waals surface area contributed by atoms with Crippen LogP contribution < -0.4 is 4.74 Å². The molecule has 28 heavy (non-hydrogen) atoms. The van der Waals surface area contributed by atoms with Gasteiger partial charge in [-0.15, -0.1) is 0 Å². The van der Waals surface area contributed by atoms with E-state index in [-0.39, 0.29) is 5.91 Å². The lowest BCUT2D eigenvalue weighted by Crippen LogP contribution is -2.26. The van der Waals surface area contributed by atoms with Gasteiger partial charge in [0.05, 0.1) is 12.2 Å². The van der Waals surface area contributed by atoms with Crippen LogP contribution in [0.4, 0.5) is 0 Å². The van der Waals surface area contributed by atoms with Gasteiger partial charge < -0.3 is 18.6 Å². The molecule has 7 heteroatoms. The highest BCUT2D eigenvalue weighted by molar-refractivity contribution is 5.94. The van der Waals surface area contributed by atoms with E-state index in [0.717, 1.165) is 17.1 Å². The van der Waals surface area contributed by atoms with Crippen LogP contribution in [0.2, 0.25) is 0 Å². The highest BCUT2D eigenvalue weighted by Crippen LogP contribution is 2.17. The second kappa shape index (κ2) is 7.56. The number of hydrogen-bond donors (Lipinski definition) is 0. The molecular formula is C21H20N4O3. The number of benzene rings is 1. The lowest BCUT2D eigenvalue weighted by atomic mass is 10.2. The van der Waals surface area contributed by atoms with Crippen molar-refractivity contribution in [2.75, 3.05) is 7.05 Å². The van der Waals surface area contributed by atoms with Crippen LogP contribution in [0.3, 0.4) is 0 Å². The molecule has 0 aliphatic carbocycles. The minimum atomic E-state index is -0.112. The molecule has 0 aliphatic rings. The first-order valence-corrected chi connectivity index (χ1v) is 8.91. The molecule has 0 unspecified atom stereocenters. The summed E-state index contributed by atoms with van der Waals surface area (Å²) in [6.45, 7) is 2.53. The average molecular weight is 376 g/mol. The van der Waals surface area contributed by atoms with Gasteiger partial charge in [-0.3, -0.25) is 4.79 Å². The SMILES string of the molecule is Cc1cc(CN(C)C(=O)c2cccc(OCc3cn4ccccc4n3)c2)no1. The van der Waals surface area contributed by atoms with Crippen molar-refractivity contribution in [1.29, 1.82) is 0 Å². The number of aryl methyl sites for hydroxylation is 1. The zero-order chi connectivity index (χ0) is 19.5. The van der Waals surface area contributed by atoms with Gasteiger partial charge in [0.2, 0.25) is 0 Å². The van der Waals surface area contributed by atoms with E-state index in [2.05, 4.69) is 10.1 Å². The highest BCUT2D eigenvalue weighted by Gasteiger charge is 2.14. The minimum absolute atomic E-state index is 0.112. The molecule has 0 bridgehead atoms. The molecule has 0 saturated heterocycles. The summed E-state index contributed by atoms with van der Waals surface area (Å²) in [6, 6.07) is 14.8. The Hall–Kier alpha value is -3.61. The fourth-order valence-electron chi connectivity index (χ4n) is 2.96. The second-order valence-corrected chi connectivity index (χ2v) is 6.60. The Kier molecular flexibility index (Phi) is 4.80. The molecule has 0 saturated carbocycles. The molecule has 142 valence electrons. The van der Waals surface area contributed by atoms with Gasteiger partial charge in [0.15, 0.2) is 0 Å². The van der Waals surface area contributed by atoms with Gasteiger partial charge in [0.25, 0.3) is 5.91 Å². The number of carbonyl (C=O) groups excluding carboxylic acids is 1. The van der Waals surface area contributed by atoms with Gasteiger partial charge >= 0.3 is 0 Å². The molecular weight excluding hydrogens is 356 g/mol. The van der Waals surface area contributed by atoms with Crippen molar-refractivity contribution in [3.8, 4) is 5.75 Å². The van der Waals surface area contributed by atoms with Crippen molar-refractivity contribution in [1.82, 2.24) is 19.4 Å². The second-order valence-electron chi connectivity index (χ2n) is 6.60. The fraction of sp³-hybridized carbons (Fsp3) is 0.190. The van der Waals surface area contributed by atoms with E-state index >= 15 is 0 Å². The summed E-state index contributed by atoms with van der Waals surface area (Å²) < 4.78 is 12.8. The van der Waals surface area contributed by atoms with Gasteiger partial charge in [-0.25, -0.2) is 4.98 Å². The first kappa shape index (κ1) is 17.8. The first-order chi connectivity index (χ1) is 13.6. The molecule has 0 fully saturated rings. The van der Waals surface area contributed by atoms with Crippen LogP contribution in [0, 0.1) is 6.92 Å². The predicted octanol–water partition coefficient (Wildman–Crippen LogP) is 3.48. The fourth-order valence-corrected chi connectivity index (χ4v) is 2.96. The van der Waals surface area contributed by atoms with Crippen molar-refractivity contribution in [3.05, 3.63) is 83.6 Å². The van der Waals surface area contributed by atoms with Crippen LogP contribution in [0.1, 0.15) is 27.5 Å². The Balaban J connectivity index is 1.42. The van der Waals surface area contributed by atoms with Gasteiger partial charge in [-0.05, 0) is 37.3 Å². The number of nitrogens with zero attached hydrogens (tertiary/aromatic N) is 4. The lowest BCUT2D eigenvalue weighted by Gasteiger charge is -2.16. The first-order valence-electron chi connectivity index (χ1n) is 8.91. The molecule has 7 nitrogen and oxygen atoms in total. The summed E-state index contributed by atoms with van der Waals surface area (Å²) in [5, 5.41) is 3.93. The molecule has 4 aromatic rings. The van der Waals surface area contributed by atoms with Gasteiger partial charge in [0.1, 0.15) is 29.5 Å². The van der Waals surface area contributed by atoms with E-state index < -0.39 is 0 Å². The molecule has 4 rings (SSSR count). The third kappa shape index (κ3) is 3.88. The van der Waals surface area contributed by atoms with E-state index in [1.165, 1.54) is 0 Å². The van der Waals surface area contributed by atoms with Crippen molar-refractivity contribution in [2.45, 2.75) is 20.1 Å². The average Bonchev–Trinajstić information content (AvgIpc) is 3.31. The highest BCUT2D eigenvalue weighted by atomic mass is 16.5. The number of imidazole rings is 1. The van der Waals surface area contributed by atoms with Crippen LogP contribution in [-0.2, 0) is 13.2 Å². The van der Waals surface area contributed by atoms with Crippen LogP contribution in [0.15, 0.2) is 65.4 Å². The third-order valence-electron chi connectivity index (χ3n) is 4.30. The Morgan fingerprint density at radius 1 is 1.18 bits per heavy atom. The largest absolute Gasteiger partial charge is 0.487 e. The minimum Gasteiger partial charge on any atom is -0.487 e. The smallest absolute Gasteiger partial charge is 0.254 e. The molecule has 1 aromatic carbocycles. The number of ether oxygens (including phenoxy) is 1. The molecule has 0 N–H and O–H groups in total. The molecule has 0 aliphatic heterocycles. The molecule has 0 spiro atoms. The van der Waals surface area contributed by atoms with Gasteiger partial charge in [-0.2, -0.15) is 0 Å².